The zero-order valence-electron chi connectivity index (χ0n) is 15.9. The number of carbonyl (C=O) groups is 3. The molecule has 3 N–H and O–H groups in total. The summed E-state index contributed by atoms with van der Waals surface area (Å²) >= 11 is 0. The van der Waals surface area contributed by atoms with Gasteiger partial charge < -0.3 is 15.2 Å². The number of hydroxylamine groups is 1. The predicted octanol–water partition coefficient (Wildman–Crippen LogP) is 2.44. The molecule has 0 bridgehead atoms. The molecule has 2 aromatic rings. The molecule has 3 rings (SSSR count). The molecule has 0 aliphatic heterocycles. The summed E-state index contributed by atoms with van der Waals surface area (Å²) in [6, 6.07) is 14.5. The van der Waals surface area contributed by atoms with Gasteiger partial charge in [0.1, 0.15) is 12.6 Å². The summed E-state index contributed by atoms with van der Waals surface area (Å²) < 4.78 is 5.34. The molecule has 8 heteroatoms. The molecular weight excluding hydrogens is 376 g/mol. The molecule has 0 aromatic heterocycles. The van der Waals surface area contributed by atoms with Crippen LogP contribution in [0.2, 0.25) is 0 Å². The Labute approximate surface area is 167 Å². The Morgan fingerprint density at radius 1 is 1.03 bits per heavy atom. The Hall–Kier alpha value is -3.39. The Bertz CT molecular complexity index is 868. The molecule has 0 saturated heterocycles. The van der Waals surface area contributed by atoms with Gasteiger partial charge in [0, 0.05) is 5.92 Å². The number of carbonyl (C=O) groups excluding carboxylic acids is 2. The lowest BCUT2D eigenvalue weighted by Gasteiger charge is -2.18. The maximum Gasteiger partial charge on any atom is 0.407 e. The maximum atomic E-state index is 12.2. The number of rotatable bonds is 8. The van der Waals surface area contributed by atoms with E-state index in [4.69, 9.17) is 14.7 Å². The second-order valence-corrected chi connectivity index (χ2v) is 6.52. The van der Waals surface area contributed by atoms with Crippen LogP contribution >= 0.6 is 0 Å². The number of carboxylic acid groups (broad SMARTS) is 1. The number of ether oxygens (including phenoxy) is 1. The fourth-order valence-corrected chi connectivity index (χ4v) is 3.38. The summed E-state index contributed by atoms with van der Waals surface area (Å²) in [5.74, 6) is -2.13. The molecule has 8 nitrogen and oxygen atoms in total. The first kappa shape index (κ1) is 20.3. The van der Waals surface area contributed by atoms with E-state index >= 15 is 0 Å². The zero-order valence-corrected chi connectivity index (χ0v) is 15.9. The number of nitrogens with one attached hydrogen (secondary N) is 2. The topological polar surface area (TPSA) is 114 Å². The van der Waals surface area contributed by atoms with E-state index in [1.54, 1.807) is 6.92 Å². The monoisotopic (exact) mass is 398 g/mol. The minimum absolute atomic E-state index is 0.0622. The van der Waals surface area contributed by atoms with Gasteiger partial charge in [0.05, 0.1) is 13.0 Å². The lowest BCUT2D eigenvalue weighted by atomic mass is 9.98. The molecule has 29 heavy (non-hydrogen) atoms. The summed E-state index contributed by atoms with van der Waals surface area (Å²) in [4.78, 5) is 40.0. The zero-order chi connectivity index (χ0) is 20.8. The molecule has 0 heterocycles. The van der Waals surface area contributed by atoms with Gasteiger partial charge in [0.15, 0.2) is 0 Å². The van der Waals surface area contributed by atoms with Crippen LogP contribution in [-0.4, -0.2) is 42.3 Å². The minimum atomic E-state index is -1.31. The largest absolute Gasteiger partial charge is 0.481 e. The molecule has 2 amide bonds. The van der Waals surface area contributed by atoms with E-state index in [1.165, 1.54) is 0 Å². The van der Waals surface area contributed by atoms with Crippen molar-refractivity contribution in [2.75, 3.05) is 13.2 Å². The van der Waals surface area contributed by atoms with Crippen molar-refractivity contribution >= 4 is 18.0 Å². The van der Waals surface area contributed by atoms with Crippen molar-refractivity contribution in [2.45, 2.75) is 25.3 Å². The number of alkyl carbamates (subject to hydrolysis) is 1. The molecule has 1 aliphatic carbocycles. The van der Waals surface area contributed by atoms with E-state index < -0.39 is 30.4 Å². The summed E-state index contributed by atoms with van der Waals surface area (Å²) in [6.45, 7) is 1.93. The number of hydrogen-bond donors (Lipinski definition) is 3. The highest BCUT2D eigenvalue weighted by Gasteiger charge is 2.30. The summed E-state index contributed by atoms with van der Waals surface area (Å²) in [5.41, 5.74) is 6.39. The second-order valence-electron chi connectivity index (χ2n) is 6.52. The van der Waals surface area contributed by atoms with E-state index in [1.807, 2.05) is 48.5 Å². The van der Waals surface area contributed by atoms with E-state index in [0.717, 1.165) is 22.3 Å². The number of aliphatic carboxylic acids is 1. The van der Waals surface area contributed by atoms with Crippen LogP contribution in [0.5, 0.6) is 0 Å². The van der Waals surface area contributed by atoms with Crippen LogP contribution in [0, 0.1) is 0 Å². The third-order valence-electron chi connectivity index (χ3n) is 4.65. The van der Waals surface area contributed by atoms with E-state index in [0.29, 0.717) is 0 Å². The molecule has 0 fully saturated rings. The third kappa shape index (κ3) is 4.72. The first-order valence-electron chi connectivity index (χ1n) is 9.26. The molecular formula is C21H22N2O6. The fraction of sp³-hybridized carbons (Fsp3) is 0.286. The van der Waals surface area contributed by atoms with Crippen LogP contribution in [0.25, 0.3) is 11.1 Å². The van der Waals surface area contributed by atoms with Gasteiger partial charge in [0.25, 0.3) is 5.91 Å². The van der Waals surface area contributed by atoms with E-state index in [-0.39, 0.29) is 19.1 Å². The van der Waals surface area contributed by atoms with Gasteiger partial charge in [-0.2, -0.15) is 0 Å². The Morgan fingerprint density at radius 3 is 2.17 bits per heavy atom. The Balaban J connectivity index is 1.66. The van der Waals surface area contributed by atoms with Crippen molar-refractivity contribution in [3.05, 3.63) is 59.7 Å². The standard InChI is InChI=1S/C21H22N2O6/c1-2-29-23-20(26)18(11-19(24)25)22-21(27)28-12-17-15-9-5-3-7-13(15)14-8-4-6-10-16(14)17/h3-10,17-18H,2,11-12H2,1H3,(H,22,27)(H,23,26)(H,24,25). The minimum Gasteiger partial charge on any atom is -0.481 e. The lowest BCUT2D eigenvalue weighted by molar-refractivity contribution is -0.143. The third-order valence-corrected chi connectivity index (χ3v) is 4.65. The number of carboxylic acids is 1. The van der Waals surface area contributed by atoms with Crippen molar-refractivity contribution in [3.8, 4) is 11.1 Å². The molecule has 1 unspecified atom stereocenters. The van der Waals surface area contributed by atoms with Crippen molar-refractivity contribution in [2.24, 2.45) is 0 Å². The van der Waals surface area contributed by atoms with Crippen molar-refractivity contribution in [1.82, 2.24) is 10.8 Å². The first-order chi connectivity index (χ1) is 14.0. The molecule has 1 aliphatic rings. The van der Waals surface area contributed by atoms with Gasteiger partial charge in [-0.1, -0.05) is 48.5 Å². The number of amides is 2. The quantitative estimate of drug-likeness (QED) is 0.589. The molecule has 0 spiro atoms. The van der Waals surface area contributed by atoms with Gasteiger partial charge >= 0.3 is 12.1 Å². The molecule has 0 saturated carbocycles. The number of fused-ring (bicyclic) bond motifs is 3. The highest BCUT2D eigenvalue weighted by molar-refractivity contribution is 5.88. The van der Waals surface area contributed by atoms with Crippen molar-refractivity contribution in [1.29, 1.82) is 0 Å². The molecule has 0 radical (unpaired) electrons. The van der Waals surface area contributed by atoms with Crippen LogP contribution < -0.4 is 10.8 Å². The van der Waals surface area contributed by atoms with Crippen LogP contribution in [0.15, 0.2) is 48.5 Å². The van der Waals surface area contributed by atoms with Gasteiger partial charge in [-0.3, -0.25) is 14.4 Å². The summed E-state index contributed by atoms with van der Waals surface area (Å²) in [5, 5.41) is 11.3. The SMILES string of the molecule is CCONC(=O)C(CC(=O)O)NC(=O)OCC1c2ccccc2-c2ccccc21. The summed E-state index contributed by atoms with van der Waals surface area (Å²) in [6.07, 6.45) is -1.46. The van der Waals surface area contributed by atoms with Gasteiger partial charge in [-0.05, 0) is 29.2 Å². The predicted molar refractivity (Wildman–Crippen MR) is 104 cm³/mol. The van der Waals surface area contributed by atoms with E-state index in [2.05, 4.69) is 10.8 Å². The Kier molecular flexibility index (Phi) is 6.46. The maximum absolute atomic E-state index is 12.2. The molecule has 152 valence electrons. The second kappa shape index (κ2) is 9.20. The average molecular weight is 398 g/mol. The Morgan fingerprint density at radius 2 is 1.62 bits per heavy atom. The number of hydrogen-bond acceptors (Lipinski definition) is 5. The fourth-order valence-electron chi connectivity index (χ4n) is 3.38. The lowest BCUT2D eigenvalue weighted by Crippen LogP contribution is -2.48. The summed E-state index contributed by atoms with van der Waals surface area (Å²) in [7, 11) is 0. The average Bonchev–Trinajstić information content (AvgIpc) is 3.03. The van der Waals surface area contributed by atoms with Crippen molar-refractivity contribution < 1.29 is 29.1 Å². The number of benzene rings is 2. The van der Waals surface area contributed by atoms with Gasteiger partial charge in [0.2, 0.25) is 0 Å². The highest BCUT2D eigenvalue weighted by Crippen LogP contribution is 2.44. The van der Waals surface area contributed by atoms with Gasteiger partial charge in [-0.25, -0.2) is 10.3 Å². The molecule has 1 atom stereocenters. The van der Waals surface area contributed by atoms with Crippen molar-refractivity contribution in [3.63, 3.8) is 0 Å². The van der Waals surface area contributed by atoms with Crippen LogP contribution in [0.3, 0.4) is 0 Å². The van der Waals surface area contributed by atoms with Crippen LogP contribution in [0.1, 0.15) is 30.4 Å². The smallest absolute Gasteiger partial charge is 0.407 e. The van der Waals surface area contributed by atoms with E-state index in [9.17, 15) is 14.4 Å². The first-order valence-corrected chi connectivity index (χ1v) is 9.26. The highest BCUT2D eigenvalue weighted by atomic mass is 16.6. The molecule has 2 aromatic carbocycles. The van der Waals surface area contributed by atoms with Crippen LogP contribution in [-0.2, 0) is 19.2 Å². The van der Waals surface area contributed by atoms with Gasteiger partial charge in [-0.15, -0.1) is 0 Å². The van der Waals surface area contributed by atoms with Crippen LogP contribution in [0.4, 0.5) is 4.79 Å². The normalized spacial score (nSPS) is 13.1.